The number of pyridine rings is 1. The quantitative estimate of drug-likeness (QED) is 0.542. The molecule has 0 atom stereocenters. The van der Waals surface area contributed by atoms with Gasteiger partial charge in [-0.1, -0.05) is 46.4 Å². The molecule has 1 aromatic heterocycles. The molecule has 6 heteroatoms. The second-order valence-electron chi connectivity index (χ2n) is 2.00. The van der Waals surface area contributed by atoms with Crippen LogP contribution >= 0.6 is 46.4 Å². The molecule has 0 unspecified atom stereocenters. The van der Waals surface area contributed by atoms with E-state index < -0.39 is 4.59 Å². The van der Waals surface area contributed by atoms with Crippen LogP contribution in [0.25, 0.3) is 0 Å². The van der Waals surface area contributed by atoms with E-state index >= 15 is 0 Å². The van der Waals surface area contributed by atoms with Gasteiger partial charge in [0.1, 0.15) is 10.3 Å². The van der Waals surface area contributed by atoms with Crippen LogP contribution in [-0.2, 0) is 4.59 Å². The summed E-state index contributed by atoms with van der Waals surface area (Å²) in [4.78, 5) is 3.59. The minimum Gasteiger partial charge on any atom is -0.224 e. The zero-order valence-corrected chi connectivity index (χ0v) is 8.52. The summed E-state index contributed by atoms with van der Waals surface area (Å²) in [5, 5.41) is 0.0849. The molecule has 0 saturated heterocycles. The van der Waals surface area contributed by atoms with Crippen LogP contribution in [0.2, 0.25) is 10.3 Å². The lowest BCUT2D eigenvalue weighted by atomic mass is 10.3. The van der Waals surface area contributed by atoms with E-state index in [0.29, 0.717) is 0 Å². The lowest BCUT2D eigenvalue weighted by molar-refractivity contribution is 0.405. The topological polar surface area (TPSA) is 12.9 Å². The Hall–Kier alpha value is 0.240. The molecule has 1 heterocycles. The van der Waals surface area contributed by atoms with Crippen molar-refractivity contribution in [2.45, 2.75) is 4.59 Å². The maximum Gasteiger partial charge on any atom is 0.283 e. The second-order valence-corrected chi connectivity index (χ2v) is 4.01. The van der Waals surface area contributed by atoms with E-state index in [9.17, 15) is 4.39 Å². The third-order valence-corrected chi connectivity index (χ3v) is 1.91. The minimum atomic E-state index is -2.49. The lowest BCUT2D eigenvalue weighted by Crippen LogP contribution is -2.01. The maximum atomic E-state index is 12.9. The molecule has 1 aromatic rings. The first-order valence-corrected chi connectivity index (χ1v) is 4.31. The van der Waals surface area contributed by atoms with Crippen LogP contribution in [-0.4, -0.2) is 4.98 Å². The molecule has 1 rings (SSSR count). The highest BCUT2D eigenvalue weighted by Gasteiger charge is 2.26. The van der Waals surface area contributed by atoms with Crippen molar-refractivity contribution in [2.24, 2.45) is 0 Å². The summed E-state index contributed by atoms with van der Waals surface area (Å²) >= 11 is 21.3. The molecule has 0 N–H and O–H groups in total. The van der Waals surface area contributed by atoms with E-state index in [1.54, 1.807) is 0 Å². The number of hydrogen-bond donors (Lipinski definition) is 0. The van der Waals surface area contributed by atoms with E-state index in [4.69, 9.17) is 46.4 Å². The molecule has 12 heavy (non-hydrogen) atoms. The summed E-state index contributed by atoms with van der Waals surface area (Å²) in [6, 6.07) is 2.40. The Kier molecular flexibility index (Phi) is 3.05. The van der Waals surface area contributed by atoms with Crippen LogP contribution < -0.4 is 0 Å². The summed E-state index contributed by atoms with van der Waals surface area (Å²) < 4.78 is 10.4. The van der Waals surface area contributed by atoms with E-state index in [1.165, 1.54) is 12.1 Å². The molecule has 0 fully saturated rings. The zero-order valence-electron chi connectivity index (χ0n) is 5.49. The van der Waals surface area contributed by atoms with Gasteiger partial charge >= 0.3 is 0 Å². The molecule has 0 bridgehead atoms. The Bertz CT molecular complexity index is 276. The van der Waals surface area contributed by atoms with Crippen molar-refractivity contribution in [3.05, 3.63) is 28.0 Å². The SMILES string of the molecule is FC(Cl)(Cl)c1cc(Cl)nc(Cl)c1. The highest BCUT2D eigenvalue weighted by atomic mass is 35.5. The van der Waals surface area contributed by atoms with Gasteiger partial charge < -0.3 is 0 Å². The van der Waals surface area contributed by atoms with E-state index in [0.717, 1.165) is 0 Å². The number of halogens is 5. The summed E-state index contributed by atoms with van der Waals surface area (Å²) in [5.74, 6) is 0. The summed E-state index contributed by atoms with van der Waals surface area (Å²) in [7, 11) is 0. The first-order valence-electron chi connectivity index (χ1n) is 2.80. The van der Waals surface area contributed by atoms with E-state index in [2.05, 4.69) is 4.98 Å². The molecule has 0 saturated carbocycles. The first-order chi connectivity index (χ1) is 5.39. The molecule has 0 aliphatic rings. The second kappa shape index (κ2) is 3.54. The predicted octanol–water partition coefficient (Wildman–Crippen LogP) is 3.95. The van der Waals surface area contributed by atoms with Gasteiger partial charge in [0.2, 0.25) is 0 Å². The predicted molar refractivity (Wildman–Crippen MR) is 48.7 cm³/mol. The lowest BCUT2D eigenvalue weighted by Gasteiger charge is -2.09. The third kappa shape index (κ3) is 2.63. The van der Waals surface area contributed by atoms with Crippen molar-refractivity contribution >= 4 is 46.4 Å². The number of nitrogens with zero attached hydrogens (tertiary/aromatic N) is 1. The van der Waals surface area contributed by atoms with Gasteiger partial charge in [-0.25, -0.2) is 9.37 Å². The van der Waals surface area contributed by atoms with Crippen molar-refractivity contribution in [1.29, 1.82) is 0 Å². The van der Waals surface area contributed by atoms with Gasteiger partial charge in [0.15, 0.2) is 0 Å². The Morgan fingerprint density at radius 3 is 1.92 bits per heavy atom. The molecule has 1 nitrogen and oxygen atoms in total. The van der Waals surface area contributed by atoms with Crippen LogP contribution in [0.1, 0.15) is 5.56 Å². The van der Waals surface area contributed by atoms with Crippen LogP contribution in [0.5, 0.6) is 0 Å². The monoisotopic (exact) mass is 247 g/mol. The highest BCUT2D eigenvalue weighted by Crippen LogP contribution is 2.36. The number of rotatable bonds is 1. The first kappa shape index (κ1) is 10.3. The smallest absolute Gasteiger partial charge is 0.224 e. The van der Waals surface area contributed by atoms with E-state index in [-0.39, 0.29) is 15.9 Å². The van der Waals surface area contributed by atoms with Gasteiger partial charge in [-0.05, 0) is 12.1 Å². The Morgan fingerprint density at radius 2 is 1.58 bits per heavy atom. The molecular weight excluding hydrogens is 247 g/mol. The molecule has 0 amide bonds. The molecule has 0 aliphatic carbocycles. The fraction of sp³-hybridized carbons (Fsp3) is 0.167. The van der Waals surface area contributed by atoms with E-state index in [1.807, 2.05) is 0 Å². The highest BCUT2D eigenvalue weighted by molar-refractivity contribution is 6.47. The Balaban J connectivity index is 3.18. The third-order valence-electron chi connectivity index (χ3n) is 1.09. The summed E-state index contributed by atoms with van der Waals surface area (Å²) in [6.07, 6.45) is 0. The molecular formula is C6H2Cl4FN. The van der Waals surface area contributed by atoms with Crippen LogP contribution in [0.15, 0.2) is 12.1 Å². The molecule has 0 radical (unpaired) electrons. The Labute approximate surface area is 88.4 Å². The standard InChI is InChI=1S/C6H2Cl4FN/c7-4-1-3(6(9,10)11)2-5(8)12-4/h1-2H. The molecule has 0 spiro atoms. The molecule has 0 aromatic carbocycles. The average Bonchev–Trinajstić information content (AvgIpc) is 1.82. The Morgan fingerprint density at radius 1 is 1.17 bits per heavy atom. The van der Waals surface area contributed by atoms with Crippen molar-refractivity contribution in [3.63, 3.8) is 0 Å². The summed E-state index contributed by atoms with van der Waals surface area (Å²) in [6.45, 7) is 0. The van der Waals surface area contributed by atoms with Gasteiger partial charge in [-0.15, -0.1) is 0 Å². The number of alkyl halides is 3. The summed E-state index contributed by atoms with van der Waals surface area (Å²) in [5.41, 5.74) is -0.0316. The van der Waals surface area contributed by atoms with Crippen molar-refractivity contribution in [3.8, 4) is 0 Å². The number of hydrogen-bond acceptors (Lipinski definition) is 1. The van der Waals surface area contributed by atoms with Crippen LogP contribution in [0.4, 0.5) is 4.39 Å². The minimum absolute atomic E-state index is 0.0316. The number of aromatic nitrogens is 1. The van der Waals surface area contributed by atoms with Crippen molar-refractivity contribution in [2.75, 3.05) is 0 Å². The van der Waals surface area contributed by atoms with Crippen LogP contribution in [0, 0.1) is 0 Å². The van der Waals surface area contributed by atoms with Gasteiger partial charge in [0.25, 0.3) is 4.59 Å². The van der Waals surface area contributed by atoms with Gasteiger partial charge in [0, 0.05) is 5.56 Å². The van der Waals surface area contributed by atoms with Gasteiger partial charge in [0.05, 0.1) is 0 Å². The van der Waals surface area contributed by atoms with Gasteiger partial charge in [-0.3, -0.25) is 0 Å². The zero-order chi connectivity index (χ0) is 9.35. The normalized spacial score (nSPS) is 11.8. The average molecular weight is 249 g/mol. The fourth-order valence-electron chi connectivity index (χ4n) is 0.629. The van der Waals surface area contributed by atoms with Crippen molar-refractivity contribution < 1.29 is 4.39 Å². The molecule has 66 valence electrons. The van der Waals surface area contributed by atoms with Crippen molar-refractivity contribution in [1.82, 2.24) is 4.98 Å². The van der Waals surface area contributed by atoms with Crippen LogP contribution in [0.3, 0.4) is 0 Å². The largest absolute Gasteiger partial charge is 0.283 e. The molecule has 0 aliphatic heterocycles. The van der Waals surface area contributed by atoms with Gasteiger partial charge in [-0.2, -0.15) is 0 Å². The maximum absolute atomic E-state index is 12.9. The fourth-order valence-corrected chi connectivity index (χ4v) is 1.31.